The molecule has 0 fully saturated rings. The van der Waals surface area contributed by atoms with Gasteiger partial charge in [0.25, 0.3) is 5.91 Å². The van der Waals surface area contributed by atoms with E-state index in [0.717, 1.165) is 12.6 Å². The molecule has 0 saturated heterocycles. The zero-order valence-corrected chi connectivity index (χ0v) is 11.6. The molecule has 0 saturated carbocycles. The Morgan fingerprint density at radius 2 is 2.24 bits per heavy atom. The molecule has 2 aromatic rings. The van der Waals surface area contributed by atoms with Gasteiger partial charge in [0.15, 0.2) is 0 Å². The summed E-state index contributed by atoms with van der Waals surface area (Å²) in [4.78, 5) is 23.9. The lowest BCUT2D eigenvalue weighted by Gasteiger charge is -2.10. The highest BCUT2D eigenvalue weighted by atomic mass is 19.1. The van der Waals surface area contributed by atoms with Crippen LogP contribution in [0.25, 0.3) is 0 Å². The van der Waals surface area contributed by atoms with Gasteiger partial charge in [0, 0.05) is 12.7 Å². The number of halogens is 1. The van der Waals surface area contributed by atoms with Crippen LogP contribution in [0.15, 0.2) is 30.9 Å². The summed E-state index contributed by atoms with van der Waals surface area (Å²) in [6.07, 6.45) is 4.95. The number of hydrogen-bond donors (Lipinski definition) is 2. The molecule has 0 unspecified atom stereocenters. The normalized spacial score (nSPS) is 10.2. The third kappa shape index (κ3) is 4.20. The summed E-state index contributed by atoms with van der Waals surface area (Å²) in [6, 6.07) is 2.86. The molecule has 0 aromatic carbocycles. The van der Waals surface area contributed by atoms with Gasteiger partial charge >= 0.3 is 0 Å². The van der Waals surface area contributed by atoms with Gasteiger partial charge in [0.2, 0.25) is 0 Å². The van der Waals surface area contributed by atoms with Gasteiger partial charge in [-0.25, -0.2) is 19.3 Å². The number of aromatic nitrogens is 3. The molecule has 0 radical (unpaired) electrons. The minimum absolute atomic E-state index is 0.178. The highest BCUT2D eigenvalue weighted by molar-refractivity contribution is 5.98. The van der Waals surface area contributed by atoms with Crippen LogP contribution in [0.1, 0.15) is 29.4 Å². The quantitative estimate of drug-likeness (QED) is 0.847. The van der Waals surface area contributed by atoms with Crippen molar-refractivity contribution in [1.29, 1.82) is 0 Å². The molecule has 21 heavy (non-hydrogen) atoms. The third-order valence-electron chi connectivity index (χ3n) is 2.71. The lowest BCUT2D eigenvalue weighted by atomic mass is 10.2. The molecule has 0 aliphatic rings. The summed E-state index contributed by atoms with van der Waals surface area (Å²) in [5.74, 6) is -0.582. The molecule has 0 aliphatic carbocycles. The van der Waals surface area contributed by atoms with Crippen molar-refractivity contribution in [3.8, 4) is 0 Å². The van der Waals surface area contributed by atoms with E-state index in [1.165, 1.54) is 12.4 Å². The smallest absolute Gasteiger partial charge is 0.255 e. The fourth-order valence-corrected chi connectivity index (χ4v) is 1.69. The average molecular weight is 289 g/mol. The highest BCUT2D eigenvalue weighted by Gasteiger charge is 2.13. The fourth-order valence-electron chi connectivity index (χ4n) is 1.69. The molecule has 0 atom stereocenters. The Hall–Kier alpha value is -2.57. The number of nitrogens with one attached hydrogen (secondary N) is 2. The van der Waals surface area contributed by atoms with Crippen molar-refractivity contribution >= 4 is 11.7 Å². The molecular weight excluding hydrogens is 273 g/mol. The SMILES string of the molecule is CCCNc1ncc(F)cc1C(=O)NCc1ccncn1. The van der Waals surface area contributed by atoms with Crippen molar-refractivity contribution in [3.63, 3.8) is 0 Å². The van der Waals surface area contributed by atoms with Crippen LogP contribution in [0.4, 0.5) is 10.2 Å². The van der Waals surface area contributed by atoms with Crippen LogP contribution in [0.2, 0.25) is 0 Å². The van der Waals surface area contributed by atoms with Crippen LogP contribution in [0, 0.1) is 5.82 Å². The maximum absolute atomic E-state index is 13.3. The van der Waals surface area contributed by atoms with Crippen LogP contribution < -0.4 is 10.6 Å². The van der Waals surface area contributed by atoms with E-state index in [1.807, 2.05) is 6.92 Å². The van der Waals surface area contributed by atoms with Gasteiger partial charge in [-0.2, -0.15) is 0 Å². The molecular formula is C14H16FN5O. The number of amides is 1. The Labute approximate surface area is 121 Å². The number of carbonyl (C=O) groups is 1. The number of carbonyl (C=O) groups excluding carboxylic acids is 1. The van der Waals surface area contributed by atoms with Crippen molar-refractivity contribution < 1.29 is 9.18 Å². The maximum atomic E-state index is 13.3. The second-order valence-corrected chi connectivity index (χ2v) is 4.36. The van der Waals surface area contributed by atoms with Gasteiger partial charge in [-0.15, -0.1) is 0 Å². The van der Waals surface area contributed by atoms with E-state index in [0.29, 0.717) is 18.1 Å². The van der Waals surface area contributed by atoms with E-state index in [1.54, 1.807) is 12.3 Å². The monoisotopic (exact) mass is 289 g/mol. The first-order valence-electron chi connectivity index (χ1n) is 6.63. The second kappa shape index (κ2) is 7.28. The van der Waals surface area contributed by atoms with Crippen molar-refractivity contribution in [3.05, 3.63) is 47.9 Å². The predicted octanol–water partition coefficient (Wildman–Crippen LogP) is 1.76. The molecule has 2 aromatic heterocycles. The molecule has 2 N–H and O–H groups in total. The fraction of sp³-hybridized carbons (Fsp3) is 0.286. The van der Waals surface area contributed by atoms with E-state index in [4.69, 9.17) is 0 Å². The van der Waals surface area contributed by atoms with E-state index in [-0.39, 0.29) is 12.1 Å². The van der Waals surface area contributed by atoms with E-state index in [9.17, 15) is 9.18 Å². The van der Waals surface area contributed by atoms with Gasteiger partial charge in [0.1, 0.15) is 18.0 Å². The minimum Gasteiger partial charge on any atom is -0.369 e. The first-order valence-corrected chi connectivity index (χ1v) is 6.63. The summed E-state index contributed by atoms with van der Waals surface area (Å²) in [6.45, 7) is 2.89. The van der Waals surface area contributed by atoms with E-state index >= 15 is 0 Å². The second-order valence-electron chi connectivity index (χ2n) is 4.36. The van der Waals surface area contributed by atoms with Crippen molar-refractivity contribution in [2.45, 2.75) is 19.9 Å². The summed E-state index contributed by atoms with van der Waals surface area (Å²) >= 11 is 0. The Bertz CT molecular complexity index is 606. The number of nitrogens with zero attached hydrogens (tertiary/aromatic N) is 3. The molecule has 0 aliphatic heterocycles. The summed E-state index contributed by atoms with van der Waals surface area (Å²) in [5, 5.41) is 5.69. The molecule has 110 valence electrons. The lowest BCUT2D eigenvalue weighted by molar-refractivity contribution is 0.0950. The molecule has 0 bridgehead atoms. The number of pyridine rings is 1. The Morgan fingerprint density at radius 1 is 1.38 bits per heavy atom. The molecule has 2 heterocycles. The van der Waals surface area contributed by atoms with Gasteiger partial charge in [0.05, 0.1) is 24.0 Å². The van der Waals surface area contributed by atoms with Crippen molar-refractivity contribution in [1.82, 2.24) is 20.3 Å². The van der Waals surface area contributed by atoms with Crippen molar-refractivity contribution in [2.24, 2.45) is 0 Å². The summed E-state index contributed by atoms with van der Waals surface area (Å²) < 4.78 is 13.3. The summed E-state index contributed by atoms with van der Waals surface area (Å²) in [5.41, 5.74) is 0.850. The average Bonchev–Trinajstić information content (AvgIpc) is 2.52. The highest BCUT2D eigenvalue weighted by Crippen LogP contribution is 2.13. The number of anilines is 1. The van der Waals surface area contributed by atoms with E-state index in [2.05, 4.69) is 25.6 Å². The van der Waals surface area contributed by atoms with Gasteiger partial charge in [-0.05, 0) is 18.6 Å². The molecule has 6 nitrogen and oxygen atoms in total. The topological polar surface area (TPSA) is 79.8 Å². The van der Waals surface area contributed by atoms with Gasteiger partial charge < -0.3 is 10.6 Å². The Balaban J connectivity index is 2.08. The van der Waals surface area contributed by atoms with Crippen molar-refractivity contribution in [2.75, 3.05) is 11.9 Å². The maximum Gasteiger partial charge on any atom is 0.255 e. The minimum atomic E-state index is -0.552. The van der Waals surface area contributed by atoms with Crippen LogP contribution >= 0.6 is 0 Å². The van der Waals surface area contributed by atoms with E-state index < -0.39 is 11.7 Å². The molecule has 7 heteroatoms. The van der Waals surface area contributed by atoms with Crippen LogP contribution in [0.3, 0.4) is 0 Å². The Morgan fingerprint density at radius 3 is 2.95 bits per heavy atom. The number of hydrogen-bond acceptors (Lipinski definition) is 5. The lowest BCUT2D eigenvalue weighted by Crippen LogP contribution is -2.25. The third-order valence-corrected chi connectivity index (χ3v) is 2.71. The Kier molecular flexibility index (Phi) is 5.14. The molecule has 2 rings (SSSR count). The predicted molar refractivity (Wildman–Crippen MR) is 76.2 cm³/mol. The molecule has 0 spiro atoms. The van der Waals surface area contributed by atoms with Crippen LogP contribution in [-0.2, 0) is 6.54 Å². The van der Waals surface area contributed by atoms with Gasteiger partial charge in [-0.3, -0.25) is 4.79 Å². The van der Waals surface area contributed by atoms with Crippen LogP contribution in [0.5, 0.6) is 0 Å². The van der Waals surface area contributed by atoms with Gasteiger partial charge in [-0.1, -0.05) is 6.92 Å². The number of rotatable bonds is 6. The van der Waals surface area contributed by atoms with Crippen LogP contribution in [-0.4, -0.2) is 27.4 Å². The summed E-state index contributed by atoms with van der Waals surface area (Å²) in [7, 11) is 0. The first kappa shape index (κ1) is 14.8. The largest absolute Gasteiger partial charge is 0.369 e. The first-order chi connectivity index (χ1) is 10.2. The standard InChI is InChI=1S/C14H16FN5O/c1-2-4-17-13-12(6-10(15)7-18-13)14(21)19-8-11-3-5-16-9-20-11/h3,5-7,9H,2,4,8H2,1H3,(H,17,18)(H,19,21). The zero-order valence-electron chi connectivity index (χ0n) is 11.6. The molecule has 1 amide bonds. The zero-order chi connectivity index (χ0) is 15.1.